The molecule has 2 aromatic rings. The summed E-state index contributed by atoms with van der Waals surface area (Å²) in [7, 11) is 0. The zero-order chi connectivity index (χ0) is 15.7. The molecule has 0 saturated heterocycles. The lowest BCUT2D eigenvalue weighted by Crippen LogP contribution is -2.04. The number of rotatable bonds is 2. The Morgan fingerprint density at radius 2 is 1.60 bits per heavy atom. The maximum atomic E-state index is 12.3. The zero-order valence-electron chi connectivity index (χ0n) is 13.0. The second-order valence-electron chi connectivity index (χ2n) is 3.62. The molecule has 0 amide bonds. The maximum absolute atomic E-state index is 12.3. The molecule has 0 atom stereocenters. The molecule has 0 spiro atoms. The van der Waals surface area contributed by atoms with Crippen molar-refractivity contribution in [2.75, 3.05) is 0 Å². The first kappa shape index (κ1) is 18.3. The summed E-state index contributed by atoms with van der Waals surface area (Å²) in [5.74, 6) is 0.212. The van der Waals surface area contributed by atoms with Crippen LogP contribution in [-0.2, 0) is 0 Å². The predicted molar refractivity (Wildman–Crippen MR) is 80.5 cm³/mol. The molecule has 1 heterocycles. The highest BCUT2D eigenvalue weighted by Crippen LogP contribution is 2.30. The van der Waals surface area contributed by atoms with Gasteiger partial charge in [-0.25, -0.2) is 0 Å². The second-order valence-corrected chi connectivity index (χ2v) is 3.62. The van der Waals surface area contributed by atoms with Crippen LogP contribution in [0.3, 0.4) is 0 Å². The highest BCUT2D eigenvalue weighted by Gasteiger charge is 2.12. The topological polar surface area (TPSA) is 22.1 Å². The molecule has 0 aliphatic rings. The van der Waals surface area contributed by atoms with Crippen LogP contribution in [0.4, 0.5) is 8.78 Å². The van der Waals surface area contributed by atoms with Gasteiger partial charge in [-0.15, -0.1) is 0 Å². The maximum Gasteiger partial charge on any atom is 0.387 e. The van der Waals surface area contributed by atoms with Crippen LogP contribution in [0.5, 0.6) is 5.75 Å². The van der Waals surface area contributed by atoms with Crippen LogP contribution >= 0.6 is 0 Å². The van der Waals surface area contributed by atoms with Gasteiger partial charge in [0.1, 0.15) is 5.75 Å². The number of halogens is 2. The van der Waals surface area contributed by atoms with E-state index >= 15 is 0 Å². The van der Waals surface area contributed by atoms with Gasteiger partial charge >= 0.3 is 6.61 Å². The smallest absolute Gasteiger partial charge is 0.387 e. The first-order valence-corrected chi connectivity index (χ1v) is 6.89. The van der Waals surface area contributed by atoms with Crippen molar-refractivity contribution in [3.8, 4) is 5.75 Å². The summed E-state index contributed by atoms with van der Waals surface area (Å²) >= 11 is 0. The Balaban J connectivity index is 0.000000829. The molecule has 0 bridgehead atoms. The zero-order valence-corrected chi connectivity index (χ0v) is 13.0. The van der Waals surface area contributed by atoms with Gasteiger partial charge < -0.3 is 4.74 Å². The Morgan fingerprint density at radius 1 is 1.00 bits per heavy atom. The number of benzene rings is 1. The lowest BCUT2D eigenvalue weighted by atomic mass is 10.1. The fourth-order valence-corrected chi connectivity index (χ4v) is 1.69. The number of hydrogen-bond acceptors (Lipinski definition) is 2. The number of alkyl halides is 2. The molecular formula is C16H23F2NO. The summed E-state index contributed by atoms with van der Waals surface area (Å²) in [4.78, 5) is 4.22. The number of hydrogen-bond donors (Lipinski definition) is 0. The Labute approximate surface area is 119 Å². The third-order valence-corrected chi connectivity index (χ3v) is 2.43. The minimum absolute atomic E-state index is 0.212. The first-order chi connectivity index (χ1) is 9.59. The fraction of sp³-hybridized carbons (Fsp3) is 0.438. The second kappa shape index (κ2) is 9.23. The van der Waals surface area contributed by atoms with Gasteiger partial charge in [-0.2, -0.15) is 8.78 Å². The van der Waals surface area contributed by atoms with Gasteiger partial charge in [0.25, 0.3) is 0 Å². The van der Waals surface area contributed by atoms with Crippen molar-refractivity contribution in [2.45, 2.75) is 48.2 Å². The number of pyridine rings is 1. The van der Waals surface area contributed by atoms with Crippen molar-refractivity contribution in [1.29, 1.82) is 0 Å². The Hall–Kier alpha value is -1.71. The number of aryl methyl sites for hydroxylation is 2. The van der Waals surface area contributed by atoms with Crippen LogP contribution in [0.15, 0.2) is 24.4 Å². The van der Waals surface area contributed by atoms with Crippen LogP contribution in [0, 0.1) is 13.8 Å². The Bertz CT molecular complexity index is 527. The van der Waals surface area contributed by atoms with E-state index in [1.165, 1.54) is 0 Å². The van der Waals surface area contributed by atoms with Gasteiger partial charge in [-0.3, -0.25) is 4.98 Å². The molecule has 0 aliphatic heterocycles. The predicted octanol–water partition coefficient (Wildman–Crippen LogP) is 5.51. The molecule has 0 aliphatic carbocycles. The third-order valence-electron chi connectivity index (χ3n) is 2.43. The van der Waals surface area contributed by atoms with Gasteiger partial charge in [0.2, 0.25) is 0 Å². The quantitative estimate of drug-likeness (QED) is 0.725. The van der Waals surface area contributed by atoms with Crippen molar-refractivity contribution in [1.82, 2.24) is 4.98 Å². The number of ether oxygens (including phenoxy) is 1. The van der Waals surface area contributed by atoms with Gasteiger partial charge in [-0.05, 0) is 25.5 Å². The molecule has 0 saturated carbocycles. The lowest BCUT2D eigenvalue weighted by Gasteiger charge is -2.11. The van der Waals surface area contributed by atoms with E-state index in [0.717, 1.165) is 5.56 Å². The van der Waals surface area contributed by atoms with Crippen molar-refractivity contribution in [3.63, 3.8) is 0 Å². The standard InChI is InChI=1S/C12H11F2NO.2C2H6/c1-7-4-3-5-9-10(7)15-6-8(2)11(9)16-12(13)14;2*1-2/h3-6,12H,1-2H3;2*1-2H3. The van der Waals surface area contributed by atoms with E-state index in [1.54, 1.807) is 25.3 Å². The molecule has 0 fully saturated rings. The molecule has 2 rings (SSSR count). The molecule has 0 N–H and O–H groups in total. The molecule has 0 unspecified atom stereocenters. The summed E-state index contributed by atoms with van der Waals surface area (Å²) < 4.78 is 29.1. The number of para-hydroxylation sites is 1. The van der Waals surface area contributed by atoms with E-state index in [2.05, 4.69) is 9.72 Å². The molecule has 112 valence electrons. The summed E-state index contributed by atoms with van der Waals surface area (Å²) in [5.41, 5.74) is 2.25. The molecule has 1 aromatic carbocycles. The van der Waals surface area contributed by atoms with Gasteiger partial charge in [0, 0.05) is 17.1 Å². The average molecular weight is 283 g/mol. The minimum Gasteiger partial charge on any atom is -0.434 e. The summed E-state index contributed by atoms with van der Waals surface area (Å²) in [5, 5.41) is 0.625. The van der Waals surface area contributed by atoms with E-state index in [4.69, 9.17) is 0 Å². The lowest BCUT2D eigenvalue weighted by molar-refractivity contribution is -0.0492. The van der Waals surface area contributed by atoms with Crippen LogP contribution in [0.1, 0.15) is 38.8 Å². The number of fused-ring (bicyclic) bond motifs is 1. The van der Waals surface area contributed by atoms with E-state index < -0.39 is 6.61 Å². The summed E-state index contributed by atoms with van der Waals surface area (Å²) in [6, 6.07) is 5.42. The Kier molecular flexibility index (Phi) is 8.45. The summed E-state index contributed by atoms with van der Waals surface area (Å²) in [6.45, 7) is 8.77. The average Bonchev–Trinajstić information content (AvgIpc) is 2.46. The van der Waals surface area contributed by atoms with Gasteiger partial charge in [0.15, 0.2) is 0 Å². The minimum atomic E-state index is -2.81. The number of aromatic nitrogens is 1. The van der Waals surface area contributed by atoms with Crippen molar-refractivity contribution < 1.29 is 13.5 Å². The molecule has 1 aromatic heterocycles. The van der Waals surface area contributed by atoms with Crippen LogP contribution in [-0.4, -0.2) is 11.6 Å². The van der Waals surface area contributed by atoms with Gasteiger partial charge in [-0.1, -0.05) is 39.8 Å². The molecular weight excluding hydrogens is 260 g/mol. The summed E-state index contributed by atoms with van der Waals surface area (Å²) in [6.07, 6.45) is 1.55. The fourth-order valence-electron chi connectivity index (χ4n) is 1.69. The molecule has 0 radical (unpaired) electrons. The van der Waals surface area contributed by atoms with Crippen LogP contribution in [0.25, 0.3) is 10.9 Å². The van der Waals surface area contributed by atoms with Crippen molar-refractivity contribution >= 4 is 10.9 Å². The molecule has 2 nitrogen and oxygen atoms in total. The normalized spacial score (nSPS) is 9.45. The number of nitrogens with zero attached hydrogens (tertiary/aromatic N) is 1. The van der Waals surface area contributed by atoms with Gasteiger partial charge in [0.05, 0.1) is 5.52 Å². The molecule has 4 heteroatoms. The highest BCUT2D eigenvalue weighted by molar-refractivity contribution is 5.88. The van der Waals surface area contributed by atoms with Crippen LogP contribution < -0.4 is 4.74 Å². The monoisotopic (exact) mass is 283 g/mol. The van der Waals surface area contributed by atoms with E-state index in [1.807, 2.05) is 40.7 Å². The largest absolute Gasteiger partial charge is 0.434 e. The van der Waals surface area contributed by atoms with E-state index in [9.17, 15) is 8.78 Å². The molecule has 20 heavy (non-hydrogen) atoms. The van der Waals surface area contributed by atoms with E-state index in [-0.39, 0.29) is 5.75 Å². The highest BCUT2D eigenvalue weighted by atomic mass is 19.3. The van der Waals surface area contributed by atoms with Crippen LogP contribution in [0.2, 0.25) is 0 Å². The van der Waals surface area contributed by atoms with E-state index in [0.29, 0.717) is 16.5 Å². The Morgan fingerprint density at radius 3 is 2.15 bits per heavy atom. The third kappa shape index (κ3) is 4.44. The first-order valence-electron chi connectivity index (χ1n) is 6.89. The van der Waals surface area contributed by atoms with Crippen molar-refractivity contribution in [2.24, 2.45) is 0 Å². The SMILES string of the molecule is CC.CC.Cc1cnc2c(C)cccc2c1OC(F)F. The van der Waals surface area contributed by atoms with Crippen molar-refractivity contribution in [3.05, 3.63) is 35.5 Å².